The lowest BCUT2D eigenvalue weighted by atomic mass is 10.1. The van der Waals surface area contributed by atoms with Crippen LogP contribution in [0.25, 0.3) is 17.0 Å². The highest BCUT2D eigenvalue weighted by molar-refractivity contribution is 6.53. The van der Waals surface area contributed by atoms with E-state index in [-0.39, 0.29) is 22.4 Å². The molecule has 2 aromatic carbocycles. The van der Waals surface area contributed by atoms with Crippen LogP contribution in [0.1, 0.15) is 33.5 Å². The third kappa shape index (κ3) is 3.69. The average Bonchev–Trinajstić information content (AvgIpc) is 3.24. The van der Waals surface area contributed by atoms with Gasteiger partial charge in [0.1, 0.15) is 5.57 Å². The van der Waals surface area contributed by atoms with E-state index in [1.165, 1.54) is 4.68 Å². The molecule has 0 spiro atoms. The maximum atomic E-state index is 13.9. The zero-order valence-corrected chi connectivity index (χ0v) is 20.9. The number of rotatable bonds is 4. The van der Waals surface area contributed by atoms with Gasteiger partial charge in [-0.3, -0.25) is 19.5 Å². The Morgan fingerprint density at radius 3 is 2.19 bits per heavy atom. The van der Waals surface area contributed by atoms with Gasteiger partial charge < -0.3 is 0 Å². The van der Waals surface area contributed by atoms with Crippen molar-refractivity contribution < 1.29 is 14.2 Å². The maximum Gasteiger partial charge on any atom is 0.331 e. The Bertz CT molecular complexity index is 1660. The number of aromatic nitrogens is 3. The largest absolute Gasteiger partial charge is 0.331 e. The number of hydrogen-bond acceptors (Lipinski definition) is 3. The number of imide groups is 1. The van der Waals surface area contributed by atoms with Crippen molar-refractivity contribution in [2.75, 3.05) is 4.90 Å². The number of pyridine rings is 1. The molecule has 36 heavy (non-hydrogen) atoms. The Hall–Kier alpha value is -4.52. The van der Waals surface area contributed by atoms with Gasteiger partial charge in [0.2, 0.25) is 0 Å². The van der Waals surface area contributed by atoms with E-state index in [1.54, 1.807) is 42.1 Å². The fourth-order valence-electron chi connectivity index (χ4n) is 4.78. The highest BCUT2D eigenvalue weighted by Gasteiger charge is 2.48. The molecule has 1 aliphatic heterocycles. The third-order valence-electron chi connectivity index (χ3n) is 6.44. The smallest absolute Gasteiger partial charge is 0.295 e. The van der Waals surface area contributed by atoms with E-state index in [0.717, 1.165) is 27.2 Å². The molecule has 7 heteroatoms. The SMILES string of the molecule is Cc1cccc(N2C(=O)C(c3c(C)[nH]n(-c4ccc(C)cc4C)c3=O)=C([n+]3cccc(C)c3)C2=O)c1. The quantitative estimate of drug-likeness (QED) is 0.356. The molecule has 0 radical (unpaired) electrons. The van der Waals surface area contributed by atoms with Gasteiger partial charge in [-0.05, 0) is 70.0 Å². The average molecular weight is 480 g/mol. The van der Waals surface area contributed by atoms with Gasteiger partial charge in [0, 0.05) is 17.3 Å². The number of benzene rings is 2. The fraction of sp³-hybridized carbons (Fsp3) is 0.172. The van der Waals surface area contributed by atoms with E-state index < -0.39 is 11.8 Å². The molecule has 5 rings (SSSR count). The van der Waals surface area contributed by atoms with E-state index in [4.69, 9.17) is 0 Å². The molecule has 0 unspecified atom stereocenters. The number of aromatic amines is 1. The predicted octanol–water partition coefficient (Wildman–Crippen LogP) is 3.94. The summed E-state index contributed by atoms with van der Waals surface area (Å²) in [6.45, 7) is 9.48. The molecule has 7 nitrogen and oxygen atoms in total. The molecule has 4 aromatic rings. The molecule has 2 aromatic heterocycles. The minimum atomic E-state index is -0.526. The third-order valence-corrected chi connectivity index (χ3v) is 6.44. The van der Waals surface area contributed by atoms with E-state index in [9.17, 15) is 14.4 Å². The first kappa shape index (κ1) is 23.2. The van der Waals surface area contributed by atoms with E-state index in [2.05, 4.69) is 5.10 Å². The van der Waals surface area contributed by atoms with Crippen LogP contribution in [-0.4, -0.2) is 21.6 Å². The lowest BCUT2D eigenvalue weighted by Crippen LogP contribution is -2.39. The van der Waals surface area contributed by atoms with E-state index in [0.29, 0.717) is 17.1 Å². The highest BCUT2D eigenvalue weighted by atomic mass is 16.2. The summed E-state index contributed by atoms with van der Waals surface area (Å²) >= 11 is 0. The molecular weight excluding hydrogens is 452 g/mol. The van der Waals surface area contributed by atoms with Gasteiger partial charge in [-0.15, -0.1) is 0 Å². The number of carbonyl (C=O) groups excluding carboxylic acids is 2. The van der Waals surface area contributed by atoms with Gasteiger partial charge in [0.15, 0.2) is 12.4 Å². The maximum absolute atomic E-state index is 13.9. The standard InChI is InChI=1S/C29H26N4O3/c1-17-8-6-10-22(15-17)32-27(34)25(26(29(32)36)31-13-7-9-19(3)16-31)24-21(5)30-33(28(24)35)23-12-11-18(2)14-20(23)4/h6-16H,1-5H3/p+1. The summed E-state index contributed by atoms with van der Waals surface area (Å²) < 4.78 is 3.08. The number of hydrogen-bond donors (Lipinski definition) is 1. The molecule has 0 bridgehead atoms. The number of nitrogens with one attached hydrogen (secondary N) is 1. The molecule has 1 N–H and O–H groups in total. The number of aryl methyl sites for hydroxylation is 5. The van der Waals surface area contributed by atoms with Crippen LogP contribution in [0.3, 0.4) is 0 Å². The number of nitrogens with zero attached hydrogens (tertiary/aromatic N) is 3. The highest BCUT2D eigenvalue weighted by Crippen LogP contribution is 2.33. The topological polar surface area (TPSA) is 79.1 Å². The van der Waals surface area contributed by atoms with Crippen LogP contribution in [0, 0.1) is 34.6 Å². The van der Waals surface area contributed by atoms with Crippen molar-refractivity contribution in [2.24, 2.45) is 0 Å². The van der Waals surface area contributed by atoms with Crippen molar-refractivity contribution in [3.8, 4) is 5.69 Å². The van der Waals surface area contributed by atoms with Crippen molar-refractivity contribution in [2.45, 2.75) is 34.6 Å². The van der Waals surface area contributed by atoms with Gasteiger partial charge in [-0.2, -0.15) is 4.57 Å². The van der Waals surface area contributed by atoms with Gasteiger partial charge in [-0.25, -0.2) is 9.58 Å². The zero-order valence-electron chi connectivity index (χ0n) is 20.9. The van der Waals surface area contributed by atoms with Crippen molar-refractivity contribution in [3.63, 3.8) is 0 Å². The van der Waals surface area contributed by atoms with Crippen LogP contribution < -0.4 is 15.0 Å². The summed E-state index contributed by atoms with van der Waals surface area (Å²) in [5.74, 6) is -1.00. The molecule has 0 atom stereocenters. The molecule has 0 aliphatic carbocycles. The minimum absolute atomic E-state index is 0.0828. The Morgan fingerprint density at radius 2 is 1.50 bits per heavy atom. The molecule has 0 saturated heterocycles. The van der Waals surface area contributed by atoms with Gasteiger partial charge in [0.25, 0.3) is 17.2 Å². The van der Waals surface area contributed by atoms with Gasteiger partial charge >= 0.3 is 5.91 Å². The second-order valence-corrected chi connectivity index (χ2v) is 9.34. The van der Waals surface area contributed by atoms with Crippen molar-refractivity contribution in [3.05, 3.63) is 111 Å². The molecular formula is C29H27N4O3+. The van der Waals surface area contributed by atoms with Crippen molar-refractivity contribution in [1.29, 1.82) is 0 Å². The zero-order chi connectivity index (χ0) is 25.7. The normalized spacial score (nSPS) is 13.8. The first-order valence-electron chi connectivity index (χ1n) is 11.7. The summed E-state index contributed by atoms with van der Waals surface area (Å²) in [6, 6.07) is 16.7. The number of carbonyl (C=O) groups is 2. The number of amides is 2. The Labute approximate surface area is 208 Å². The lowest BCUT2D eigenvalue weighted by Gasteiger charge is -2.14. The molecule has 0 fully saturated rings. The Balaban J connectivity index is 1.77. The van der Waals surface area contributed by atoms with Crippen LogP contribution in [0.5, 0.6) is 0 Å². The molecule has 1 aliphatic rings. The van der Waals surface area contributed by atoms with Gasteiger partial charge in [-0.1, -0.05) is 29.8 Å². The first-order valence-corrected chi connectivity index (χ1v) is 11.7. The summed E-state index contributed by atoms with van der Waals surface area (Å²) in [5.41, 5.74) is 5.54. The summed E-state index contributed by atoms with van der Waals surface area (Å²) in [6.07, 6.45) is 3.50. The lowest BCUT2D eigenvalue weighted by molar-refractivity contribution is -0.577. The Morgan fingerprint density at radius 1 is 0.778 bits per heavy atom. The summed E-state index contributed by atoms with van der Waals surface area (Å²) in [7, 11) is 0. The summed E-state index contributed by atoms with van der Waals surface area (Å²) in [5, 5.41) is 3.13. The van der Waals surface area contributed by atoms with Crippen LogP contribution in [0.15, 0.2) is 71.8 Å². The van der Waals surface area contributed by atoms with Crippen molar-refractivity contribution in [1.82, 2.24) is 9.78 Å². The molecule has 2 amide bonds. The number of H-pyrrole nitrogens is 1. The van der Waals surface area contributed by atoms with Crippen LogP contribution in [-0.2, 0) is 9.59 Å². The van der Waals surface area contributed by atoms with E-state index >= 15 is 0 Å². The van der Waals surface area contributed by atoms with Crippen LogP contribution in [0.2, 0.25) is 0 Å². The molecule has 0 saturated carbocycles. The van der Waals surface area contributed by atoms with Crippen molar-refractivity contribution >= 4 is 28.8 Å². The van der Waals surface area contributed by atoms with Gasteiger partial charge in [0.05, 0.1) is 16.9 Å². The second kappa shape index (κ2) is 8.61. The molecule has 180 valence electrons. The Kier molecular flexibility index (Phi) is 5.55. The van der Waals surface area contributed by atoms with Crippen LogP contribution >= 0.6 is 0 Å². The van der Waals surface area contributed by atoms with Crippen LogP contribution in [0.4, 0.5) is 5.69 Å². The number of anilines is 1. The van der Waals surface area contributed by atoms with E-state index in [1.807, 2.05) is 64.1 Å². The minimum Gasteiger partial charge on any atom is -0.295 e. The first-order chi connectivity index (χ1) is 17.2. The fourth-order valence-corrected chi connectivity index (χ4v) is 4.78. The second-order valence-electron chi connectivity index (χ2n) is 9.34. The summed E-state index contributed by atoms with van der Waals surface area (Å²) in [4.78, 5) is 42.7. The monoisotopic (exact) mass is 479 g/mol. The molecule has 3 heterocycles. The predicted molar refractivity (Wildman–Crippen MR) is 139 cm³/mol.